The zero-order valence-electron chi connectivity index (χ0n) is 13.4. The molecule has 0 aromatic heterocycles. The maximum atomic E-state index is 5.91. The van der Waals surface area contributed by atoms with Crippen LogP contribution in [0.1, 0.15) is 63.9 Å². The maximum Gasteiger partial charge on any atom is 0.0406 e. The number of hydrogen-bond donors (Lipinski definition) is 0. The van der Waals surface area contributed by atoms with Crippen molar-refractivity contribution in [1.29, 1.82) is 0 Å². The standard InChI is InChI=1S/C20H29Cl/c1-2-3-4-6-17-9-11-18(12-10-17)7-5-8-19-13-15-20(21)16-14-19/h5,7,13-18H,2-4,6,8-12H2,1H3/b7-5+. The minimum Gasteiger partial charge on any atom is -0.0851 e. The van der Waals surface area contributed by atoms with E-state index in [9.17, 15) is 0 Å². The van der Waals surface area contributed by atoms with E-state index in [0.717, 1.165) is 23.3 Å². The van der Waals surface area contributed by atoms with Crippen LogP contribution in [-0.2, 0) is 6.42 Å². The highest BCUT2D eigenvalue weighted by atomic mass is 35.5. The lowest BCUT2D eigenvalue weighted by Gasteiger charge is -2.26. The minimum atomic E-state index is 0.819. The molecular formula is C20H29Cl. The van der Waals surface area contributed by atoms with Crippen LogP contribution in [-0.4, -0.2) is 0 Å². The Bertz CT molecular complexity index is 410. The van der Waals surface area contributed by atoms with Crippen LogP contribution >= 0.6 is 11.6 Å². The Hall–Kier alpha value is -0.750. The normalized spacial score (nSPS) is 22.8. The molecule has 0 aliphatic heterocycles. The van der Waals surface area contributed by atoms with Crippen molar-refractivity contribution in [3.05, 3.63) is 47.0 Å². The molecule has 0 amide bonds. The van der Waals surface area contributed by atoms with Gasteiger partial charge in [-0.3, -0.25) is 0 Å². The SMILES string of the molecule is CCCCCC1CCC(/C=C/Cc2ccc(Cl)cc2)CC1. The third kappa shape index (κ3) is 6.26. The molecule has 1 aliphatic rings. The summed E-state index contributed by atoms with van der Waals surface area (Å²) in [5, 5.41) is 0.823. The molecule has 21 heavy (non-hydrogen) atoms. The van der Waals surface area contributed by atoms with E-state index >= 15 is 0 Å². The monoisotopic (exact) mass is 304 g/mol. The number of rotatable bonds is 7. The first kappa shape index (κ1) is 16.6. The van der Waals surface area contributed by atoms with Crippen LogP contribution < -0.4 is 0 Å². The van der Waals surface area contributed by atoms with Gasteiger partial charge in [-0.2, -0.15) is 0 Å². The third-order valence-electron chi connectivity index (χ3n) is 4.78. The van der Waals surface area contributed by atoms with Crippen molar-refractivity contribution in [1.82, 2.24) is 0 Å². The quantitative estimate of drug-likeness (QED) is 0.383. The summed E-state index contributed by atoms with van der Waals surface area (Å²) in [5.41, 5.74) is 1.35. The molecule has 0 heterocycles. The summed E-state index contributed by atoms with van der Waals surface area (Å²) in [7, 11) is 0. The van der Waals surface area contributed by atoms with E-state index in [1.165, 1.54) is 56.9 Å². The minimum absolute atomic E-state index is 0.819. The molecule has 116 valence electrons. The van der Waals surface area contributed by atoms with Gasteiger partial charge in [-0.1, -0.05) is 68.5 Å². The smallest absolute Gasteiger partial charge is 0.0406 e. The van der Waals surface area contributed by atoms with Crippen molar-refractivity contribution in [3.63, 3.8) is 0 Å². The Balaban J connectivity index is 1.66. The summed E-state index contributed by atoms with van der Waals surface area (Å²) in [6, 6.07) is 8.20. The maximum absolute atomic E-state index is 5.91. The van der Waals surface area contributed by atoms with E-state index in [4.69, 9.17) is 11.6 Å². The van der Waals surface area contributed by atoms with Crippen LogP contribution in [0, 0.1) is 11.8 Å². The van der Waals surface area contributed by atoms with E-state index in [1.54, 1.807) is 0 Å². The first-order valence-electron chi connectivity index (χ1n) is 8.69. The Labute approximate surface area is 135 Å². The molecule has 1 fully saturated rings. The van der Waals surface area contributed by atoms with E-state index in [-0.39, 0.29) is 0 Å². The van der Waals surface area contributed by atoms with E-state index in [2.05, 4.69) is 31.2 Å². The van der Waals surface area contributed by atoms with Crippen molar-refractivity contribution in [3.8, 4) is 0 Å². The second kappa shape index (κ2) is 9.30. The Morgan fingerprint density at radius 3 is 2.43 bits per heavy atom. The van der Waals surface area contributed by atoms with Gasteiger partial charge < -0.3 is 0 Å². The van der Waals surface area contributed by atoms with Crippen LogP contribution in [0.25, 0.3) is 0 Å². The summed E-state index contributed by atoms with van der Waals surface area (Å²) in [6.45, 7) is 2.29. The molecule has 0 unspecified atom stereocenters. The molecule has 0 bridgehead atoms. The summed E-state index contributed by atoms with van der Waals surface area (Å²) in [4.78, 5) is 0. The first-order chi connectivity index (χ1) is 10.3. The third-order valence-corrected chi connectivity index (χ3v) is 5.03. The molecule has 0 saturated heterocycles. The molecule has 1 aliphatic carbocycles. The van der Waals surface area contributed by atoms with Crippen molar-refractivity contribution in [2.75, 3.05) is 0 Å². The number of allylic oxidation sites excluding steroid dienone is 2. The van der Waals surface area contributed by atoms with Crippen molar-refractivity contribution >= 4 is 11.6 Å². The molecular weight excluding hydrogens is 276 g/mol. The van der Waals surface area contributed by atoms with Gasteiger partial charge in [-0.05, 0) is 61.6 Å². The molecule has 1 heteroatoms. The molecule has 1 saturated carbocycles. The molecule has 0 spiro atoms. The Kier molecular flexibility index (Phi) is 7.36. The number of halogens is 1. The molecule has 0 atom stereocenters. The van der Waals surface area contributed by atoms with Crippen LogP contribution in [0.3, 0.4) is 0 Å². The van der Waals surface area contributed by atoms with Crippen molar-refractivity contribution in [2.45, 2.75) is 64.7 Å². The number of unbranched alkanes of at least 4 members (excludes halogenated alkanes) is 2. The molecule has 0 N–H and O–H groups in total. The van der Waals surface area contributed by atoms with Gasteiger partial charge in [-0.15, -0.1) is 0 Å². The highest BCUT2D eigenvalue weighted by Gasteiger charge is 2.18. The second-order valence-electron chi connectivity index (χ2n) is 6.54. The van der Waals surface area contributed by atoms with Crippen molar-refractivity contribution < 1.29 is 0 Å². The van der Waals surface area contributed by atoms with E-state index < -0.39 is 0 Å². The largest absolute Gasteiger partial charge is 0.0851 e. The molecule has 2 rings (SSSR count). The van der Waals surface area contributed by atoms with E-state index in [0.29, 0.717) is 0 Å². The number of benzene rings is 1. The second-order valence-corrected chi connectivity index (χ2v) is 6.97. The van der Waals surface area contributed by atoms with Crippen LogP contribution in [0.2, 0.25) is 5.02 Å². The highest BCUT2D eigenvalue weighted by Crippen LogP contribution is 2.32. The predicted molar refractivity (Wildman–Crippen MR) is 93.9 cm³/mol. The van der Waals surface area contributed by atoms with Gasteiger partial charge in [0.05, 0.1) is 0 Å². The summed E-state index contributed by atoms with van der Waals surface area (Å²) in [5.74, 6) is 1.83. The van der Waals surface area contributed by atoms with Gasteiger partial charge in [0.2, 0.25) is 0 Å². The van der Waals surface area contributed by atoms with Gasteiger partial charge in [-0.25, -0.2) is 0 Å². The van der Waals surface area contributed by atoms with Gasteiger partial charge in [0.25, 0.3) is 0 Å². The number of hydrogen-bond acceptors (Lipinski definition) is 0. The lowest BCUT2D eigenvalue weighted by Crippen LogP contribution is -2.13. The summed E-state index contributed by atoms with van der Waals surface area (Å²) in [6.07, 6.45) is 17.2. The zero-order valence-corrected chi connectivity index (χ0v) is 14.1. The van der Waals surface area contributed by atoms with Crippen LogP contribution in [0.4, 0.5) is 0 Å². The Morgan fingerprint density at radius 2 is 1.76 bits per heavy atom. The fourth-order valence-corrected chi connectivity index (χ4v) is 3.50. The molecule has 0 nitrogen and oxygen atoms in total. The fourth-order valence-electron chi connectivity index (χ4n) is 3.37. The first-order valence-corrected chi connectivity index (χ1v) is 9.07. The lowest BCUT2D eigenvalue weighted by molar-refractivity contribution is 0.289. The predicted octanol–water partition coefficient (Wildman–Crippen LogP) is 6.83. The zero-order chi connectivity index (χ0) is 14.9. The molecule has 1 aromatic carbocycles. The van der Waals surface area contributed by atoms with Crippen molar-refractivity contribution in [2.24, 2.45) is 11.8 Å². The molecule has 0 radical (unpaired) electrons. The average Bonchev–Trinajstić information content (AvgIpc) is 2.51. The van der Waals surface area contributed by atoms with Gasteiger partial charge >= 0.3 is 0 Å². The molecule has 1 aromatic rings. The van der Waals surface area contributed by atoms with E-state index in [1.807, 2.05) is 12.1 Å². The van der Waals surface area contributed by atoms with Gasteiger partial charge in [0, 0.05) is 5.02 Å². The van der Waals surface area contributed by atoms with Crippen LogP contribution in [0.15, 0.2) is 36.4 Å². The Morgan fingerprint density at radius 1 is 1.05 bits per heavy atom. The van der Waals surface area contributed by atoms with Gasteiger partial charge in [0.1, 0.15) is 0 Å². The fraction of sp³-hybridized carbons (Fsp3) is 0.600. The van der Waals surface area contributed by atoms with Gasteiger partial charge in [0.15, 0.2) is 0 Å². The van der Waals surface area contributed by atoms with Crippen LogP contribution in [0.5, 0.6) is 0 Å². The highest BCUT2D eigenvalue weighted by molar-refractivity contribution is 6.30. The lowest BCUT2D eigenvalue weighted by atomic mass is 9.79. The average molecular weight is 305 g/mol. The summed E-state index contributed by atoms with van der Waals surface area (Å²) < 4.78 is 0. The summed E-state index contributed by atoms with van der Waals surface area (Å²) >= 11 is 5.91. The topological polar surface area (TPSA) is 0 Å².